The van der Waals surface area contributed by atoms with Gasteiger partial charge in [-0.15, -0.1) is 0 Å². The Morgan fingerprint density at radius 3 is 1.77 bits per heavy atom. The van der Waals surface area contributed by atoms with E-state index < -0.39 is 6.09 Å². The lowest BCUT2D eigenvalue weighted by Gasteiger charge is -1.99. The SMILES string of the molecule is CCCCNCCCC.NC(=O)O. The summed E-state index contributed by atoms with van der Waals surface area (Å²) in [7, 11) is 0. The van der Waals surface area contributed by atoms with E-state index in [9.17, 15) is 0 Å². The summed E-state index contributed by atoms with van der Waals surface area (Å²) in [6, 6.07) is 0. The zero-order valence-electron chi connectivity index (χ0n) is 8.68. The number of rotatable bonds is 6. The molecule has 0 fully saturated rings. The van der Waals surface area contributed by atoms with Crippen molar-refractivity contribution in [1.29, 1.82) is 0 Å². The van der Waals surface area contributed by atoms with Crippen molar-refractivity contribution in [3.8, 4) is 0 Å². The summed E-state index contributed by atoms with van der Waals surface area (Å²) >= 11 is 0. The van der Waals surface area contributed by atoms with Crippen LogP contribution >= 0.6 is 0 Å². The molecule has 0 rings (SSSR count). The molecule has 0 unspecified atom stereocenters. The summed E-state index contributed by atoms with van der Waals surface area (Å²) in [5.74, 6) is 0. The van der Waals surface area contributed by atoms with Gasteiger partial charge in [0.15, 0.2) is 0 Å². The van der Waals surface area contributed by atoms with Crippen molar-refractivity contribution in [2.75, 3.05) is 13.1 Å². The molecule has 0 aliphatic heterocycles. The van der Waals surface area contributed by atoms with Gasteiger partial charge in [-0.1, -0.05) is 26.7 Å². The molecular weight excluding hydrogens is 168 g/mol. The monoisotopic (exact) mass is 190 g/mol. The Labute approximate surface area is 80.5 Å². The van der Waals surface area contributed by atoms with Crippen LogP contribution in [0, 0.1) is 0 Å². The van der Waals surface area contributed by atoms with Crippen LogP contribution in [0.15, 0.2) is 0 Å². The molecule has 0 aromatic carbocycles. The topological polar surface area (TPSA) is 75.3 Å². The Hall–Kier alpha value is -0.770. The Balaban J connectivity index is 0. The summed E-state index contributed by atoms with van der Waals surface area (Å²) in [6.45, 7) is 6.86. The second-order valence-corrected chi connectivity index (χ2v) is 2.80. The molecule has 0 radical (unpaired) electrons. The first-order valence-corrected chi connectivity index (χ1v) is 4.84. The molecule has 0 saturated carbocycles. The number of carboxylic acid groups (broad SMARTS) is 1. The van der Waals surface area contributed by atoms with Gasteiger partial charge in [0.05, 0.1) is 0 Å². The minimum Gasteiger partial charge on any atom is -0.465 e. The van der Waals surface area contributed by atoms with Crippen molar-refractivity contribution in [3.63, 3.8) is 0 Å². The van der Waals surface area contributed by atoms with E-state index in [-0.39, 0.29) is 0 Å². The maximum Gasteiger partial charge on any atom is 0.402 e. The summed E-state index contributed by atoms with van der Waals surface area (Å²) < 4.78 is 0. The molecular formula is C9H22N2O2. The largest absolute Gasteiger partial charge is 0.465 e. The van der Waals surface area contributed by atoms with Crippen LogP contribution in [0.5, 0.6) is 0 Å². The van der Waals surface area contributed by atoms with Crippen LogP contribution in [0.2, 0.25) is 0 Å². The highest BCUT2D eigenvalue weighted by Gasteiger charge is 1.83. The van der Waals surface area contributed by atoms with Crippen LogP contribution in [-0.4, -0.2) is 24.3 Å². The molecule has 0 heterocycles. The smallest absolute Gasteiger partial charge is 0.402 e. The van der Waals surface area contributed by atoms with E-state index in [4.69, 9.17) is 9.90 Å². The number of unbranched alkanes of at least 4 members (excludes halogenated alkanes) is 2. The number of amides is 1. The van der Waals surface area contributed by atoms with E-state index in [1.807, 2.05) is 0 Å². The Morgan fingerprint density at radius 2 is 1.54 bits per heavy atom. The number of primary amides is 1. The lowest BCUT2D eigenvalue weighted by atomic mass is 10.3. The van der Waals surface area contributed by atoms with E-state index in [0.717, 1.165) is 0 Å². The molecule has 0 aliphatic carbocycles. The first-order chi connectivity index (χ1) is 6.15. The van der Waals surface area contributed by atoms with Crippen LogP contribution in [0.1, 0.15) is 39.5 Å². The van der Waals surface area contributed by atoms with Gasteiger partial charge in [0.25, 0.3) is 0 Å². The number of hydrogen-bond donors (Lipinski definition) is 3. The summed E-state index contributed by atoms with van der Waals surface area (Å²) in [5.41, 5.74) is 4.03. The molecule has 4 nitrogen and oxygen atoms in total. The molecule has 0 spiro atoms. The molecule has 0 aliphatic rings. The fourth-order valence-electron chi connectivity index (χ4n) is 0.729. The third-order valence-corrected chi connectivity index (χ3v) is 1.41. The highest BCUT2D eigenvalue weighted by Crippen LogP contribution is 1.85. The predicted octanol–water partition coefficient (Wildman–Crippen LogP) is 1.80. The normalized spacial score (nSPS) is 8.77. The fraction of sp³-hybridized carbons (Fsp3) is 0.889. The number of carbonyl (C=O) groups is 1. The molecule has 4 N–H and O–H groups in total. The predicted molar refractivity (Wildman–Crippen MR) is 54.9 cm³/mol. The minimum absolute atomic E-state index is 1.20. The van der Waals surface area contributed by atoms with Gasteiger partial charge in [-0.3, -0.25) is 0 Å². The third kappa shape index (κ3) is 35.0. The van der Waals surface area contributed by atoms with Crippen molar-refractivity contribution in [2.24, 2.45) is 5.73 Å². The fourth-order valence-corrected chi connectivity index (χ4v) is 0.729. The molecule has 0 aromatic heterocycles. The average Bonchev–Trinajstić information content (AvgIpc) is 2.03. The summed E-state index contributed by atoms with van der Waals surface area (Å²) in [6.07, 6.45) is 3.92. The van der Waals surface area contributed by atoms with Crippen LogP contribution in [0.25, 0.3) is 0 Å². The van der Waals surface area contributed by atoms with Gasteiger partial charge in [0.2, 0.25) is 0 Å². The summed E-state index contributed by atoms with van der Waals surface area (Å²) in [4.78, 5) is 8.78. The highest BCUT2D eigenvalue weighted by atomic mass is 16.4. The molecule has 0 saturated heterocycles. The first kappa shape index (κ1) is 14.7. The van der Waals surface area contributed by atoms with Gasteiger partial charge < -0.3 is 16.2 Å². The van der Waals surface area contributed by atoms with Gasteiger partial charge in [0, 0.05) is 0 Å². The second-order valence-electron chi connectivity index (χ2n) is 2.80. The standard InChI is InChI=1S/C8H19N.CH3NO2/c1-3-5-7-9-8-6-4-2;2-1(3)4/h9H,3-8H2,1-2H3;2H2,(H,3,4). The lowest BCUT2D eigenvalue weighted by Crippen LogP contribution is -2.15. The molecule has 80 valence electrons. The number of nitrogens with one attached hydrogen (secondary N) is 1. The van der Waals surface area contributed by atoms with Gasteiger partial charge in [-0.05, 0) is 25.9 Å². The first-order valence-electron chi connectivity index (χ1n) is 4.84. The van der Waals surface area contributed by atoms with E-state index in [2.05, 4.69) is 24.9 Å². The molecule has 1 amide bonds. The van der Waals surface area contributed by atoms with Crippen LogP contribution in [-0.2, 0) is 0 Å². The van der Waals surface area contributed by atoms with Gasteiger partial charge in [-0.25, -0.2) is 4.79 Å². The van der Waals surface area contributed by atoms with Gasteiger partial charge in [-0.2, -0.15) is 0 Å². The van der Waals surface area contributed by atoms with Crippen molar-refractivity contribution in [3.05, 3.63) is 0 Å². The van der Waals surface area contributed by atoms with Crippen molar-refractivity contribution in [2.45, 2.75) is 39.5 Å². The zero-order chi connectivity index (χ0) is 10.5. The molecule has 0 atom stereocenters. The third-order valence-electron chi connectivity index (χ3n) is 1.41. The van der Waals surface area contributed by atoms with Gasteiger partial charge in [0.1, 0.15) is 0 Å². The quantitative estimate of drug-likeness (QED) is 0.559. The highest BCUT2D eigenvalue weighted by molar-refractivity contribution is 5.61. The van der Waals surface area contributed by atoms with Crippen molar-refractivity contribution < 1.29 is 9.90 Å². The lowest BCUT2D eigenvalue weighted by molar-refractivity contribution is 0.205. The second kappa shape index (κ2) is 13.8. The zero-order valence-corrected chi connectivity index (χ0v) is 8.68. The van der Waals surface area contributed by atoms with Crippen LogP contribution in [0.4, 0.5) is 4.79 Å². The Morgan fingerprint density at radius 1 is 1.23 bits per heavy atom. The number of nitrogens with two attached hydrogens (primary N) is 1. The molecule has 13 heavy (non-hydrogen) atoms. The summed E-state index contributed by atoms with van der Waals surface area (Å²) in [5, 5.41) is 10.6. The van der Waals surface area contributed by atoms with E-state index in [1.165, 1.54) is 38.8 Å². The van der Waals surface area contributed by atoms with Crippen molar-refractivity contribution in [1.82, 2.24) is 5.32 Å². The van der Waals surface area contributed by atoms with Crippen LogP contribution in [0.3, 0.4) is 0 Å². The van der Waals surface area contributed by atoms with E-state index in [0.29, 0.717) is 0 Å². The van der Waals surface area contributed by atoms with E-state index in [1.54, 1.807) is 0 Å². The van der Waals surface area contributed by atoms with Crippen LogP contribution < -0.4 is 11.1 Å². The number of hydrogen-bond acceptors (Lipinski definition) is 2. The minimum atomic E-state index is -1.33. The maximum atomic E-state index is 8.78. The average molecular weight is 190 g/mol. The van der Waals surface area contributed by atoms with E-state index >= 15 is 0 Å². The van der Waals surface area contributed by atoms with Gasteiger partial charge >= 0.3 is 6.09 Å². The molecule has 0 aromatic rings. The molecule has 0 bridgehead atoms. The maximum absolute atomic E-state index is 8.78. The Bertz CT molecular complexity index is 97.8. The Kier molecular flexibility index (Phi) is 15.6. The molecule has 4 heteroatoms. The van der Waals surface area contributed by atoms with Crippen molar-refractivity contribution >= 4 is 6.09 Å².